The van der Waals surface area contributed by atoms with Gasteiger partial charge in [-0.25, -0.2) is 0 Å². The Morgan fingerprint density at radius 1 is 1.26 bits per heavy atom. The lowest BCUT2D eigenvalue weighted by Crippen LogP contribution is -2.51. The zero-order valence-electron chi connectivity index (χ0n) is 11.5. The molecule has 100 valence electrons. The van der Waals surface area contributed by atoms with E-state index < -0.39 is 0 Å². The molecular formula is C15H19N3O. The first-order valence-electron chi connectivity index (χ1n) is 6.62. The van der Waals surface area contributed by atoms with Crippen molar-refractivity contribution in [2.75, 3.05) is 26.2 Å². The normalized spacial score (nSPS) is 17.8. The molecule has 0 radical (unpaired) electrons. The van der Waals surface area contributed by atoms with Crippen LogP contribution in [0.25, 0.3) is 0 Å². The number of nitriles is 1. The third kappa shape index (κ3) is 2.94. The number of amides is 1. The molecule has 1 aliphatic rings. The molecule has 0 aliphatic carbocycles. The van der Waals surface area contributed by atoms with Crippen molar-refractivity contribution < 1.29 is 4.79 Å². The first-order valence-corrected chi connectivity index (χ1v) is 6.62. The monoisotopic (exact) mass is 257 g/mol. The molecule has 19 heavy (non-hydrogen) atoms. The summed E-state index contributed by atoms with van der Waals surface area (Å²) < 4.78 is 0. The summed E-state index contributed by atoms with van der Waals surface area (Å²) in [7, 11) is 0. The fourth-order valence-corrected chi connectivity index (χ4v) is 2.38. The van der Waals surface area contributed by atoms with Crippen molar-refractivity contribution in [1.82, 2.24) is 9.80 Å². The third-order valence-corrected chi connectivity index (χ3v) is 3.71. The maximum absolute atomic E-state index is 12.4. The Hall–Kier alpha value is -1.86. The molecule has 4 heteroatoms. The van der Waals surface area contributed by atoms with Crippen LogP contribution in [0.15, 0.2) is 24.3 Å². The first-order chi connectivity index (χ1) is 9.13. The zero-order valence-corrected chi connectivity index (χ0v) is 11.5. The maximum Gasteiger partial charge on any atom is 0.254 e. The Labute approximate surface area is 114 Å². The van der Waals surface area contributed by atoms with E-state index in [0.717, 1.165) is 24.2 Å². The molecule has 1 saturated heterocycles. The van der Waals surface area contributed by atoms with Crippen molar-refractivity contribution in [3.8, 4) is 6.07 Å². The molecule has 1 unspecified atom stereocenters. The minimum atomic E-state index is -0.0734. The summed E-state index contributed by atoms with van der Waals surface area (Å²) >= 11 is 0. The summed E-state index contributed by atoms with van der Waals surface area (Å²) in [6, 6.07) is 9.85. The Kier molecular flexibility index (Phi) is 4.18. The van der Waals surface area contributed by atoms with Crippen LogP contribution in [0.4, 0.5) is 0 Å². The first kappa shape index (κ1) is 13.6. The van der Waals surface area contributed by atoms with E-state index in [2.05, 4.69) is 11.0 Å². The predicted molar refractivity (Wildman–Crippen MR) is 73.7 cm³/mol. The van der Waals surface area contributed by atoms with Crippen LogP contribution in [0, 0.1) is 18.3 Å². The van der Waals surface area contributed by atoms with Gasteiger partial charge in [-0.2, -0.15) is 5.26 Å². The number of carbonyl (C=O) groups is 1. The van der Waals surface area contributed by atoms with Gasteiger partial charge in [-0.15, -0.1) is 0 Å². The van der Waals surface area contributed by atoms with Gasteiger partial charge in [-0.1, -0.05) is 18.2 Å². The molecule has 0 aromatic heterocycles. The van der Waals surface area contributed by atoms with Crippen molar-refractivity contribution in [2.45, 2.75) is 19.9 Å². The summed E-state index contributed by atoms with van der Waals surface area (Å²) in [5.41, 5.74) is 1.80. The molecule has 2 rings (SSSR count). The van der Waals surface area contributed by atoms with Gasteiger partial charge in [-0.05, 0) is 25.5 Å². The summed E-state index contributed by atoms with van der Waals surface area (Å²) in [6.45, 7) is 6.79. The van der Waals surface area contributed by atoms with E-state index in [4.69, 9.17) is 5.26 Å². The van der Waals surface area contributed by atoms with Crippen LogP contribution in [-0.4, -0.2) is 47.9 Å². The van der Waals surface area contributed by atoms with Crippen molar-refractivity contribution in [3.63, 3.8) is 0 Å². The van der Waals surface area contributed by atoms with Gasteiger partial charge in [-0.3, -0.25) is 9.69 Å². The van der Waals surface area contributed by atoms with E-state index in [0.29, 0.717) is 13.1 Å². The Balaban J connectivity index is 2.01. The van der Waals surface area contributed by atoms with Crippen LogP contribution < -0.4 is 0 Å². The van der Waals surface area contributed by atoms with E-state index in [-0.39, 0.29) is 11.9 Å². The van der Waals surface area contributed by atoms with Gasteiger partial charge in [0.25, 0.3) is 5.91 Å². The van der Waals surface area contributed by atoms with Gasteiger partial charge in [0.2, 0.25) is 0 Å². The lowest BCUT2D eigenvalue weighted by molar-refractivity contribution is 0.0615. The highest BCUT2D eigenvalue weighted by molar-refractivity contribution is 5.95. The SMILES string of the molecule is Cc1ccccc1C(=O)N1CCN(C(C)C#N)CC1. The van der Waals surface area contributed by atoms with Crippen molar-refractivity contribution in [2.24, 2.45) is 0 Å². The largest absolute Gasteiger partial charge is 0.336 e. The van der Waals surface area contributed by atoms with E-state index in [1.54, 1.807) is 0 Å². The molecule has 1 atom stereocenters. The number of rotatable bonds is 2. The highest BCUT2D eigenvalue weighted by Crippen LogP contribution is 2.13. The second-order valence-corrected chi connectivity index (χ2v) is 4.95. The van der Waals surface area contributed by atoms with Crippen LogP contribution >= 0.6 is 0 Å². The molecule has 1 fully saturated rings. The molecule has 0 bridgehead atoms. The van der Waals surface area contributed by atoms with Gasteiger partial charge in [0.05, 0.1) is 12.1 Å². The molecule has 4 nitrogen and oxygen atoms in total. The second-order valence-electron chi connectivity index (χ2n) is 4.95. The van der Waals surface area contributed by atoms with Gasteiger partial charge in [0.1, 0.15) is 0 Å². The van der Waals surface area contributed by atoms with Crippen LogP contribution in [-0.2, 0) is 0 Å². The number of hydrogen-bond acceptors (Lipinski definition) is 3. The van der Waals surface area contributed by atoms with Crippen molar-refractivity contribution in [1.29, 1.82) is 5.26 Å². The third-order valence-electron chi connectivity index (χ3n) is 3.71. The fourth-order valence-electron chi connectivity index (χ4n) is 2.38. The maximum atomic E-state index is 12.4. The van der Waals surface area contributed by atoms with E-state index in [1.807, 2.05) is 43.0 Å². The van der Waals surface area contributed by atoms with E-state index >= 15 is 0 Å². The topological polar surface area (TPSA) is 47.3 Å². The molecular weight excluding hydrogens is 238 g/mol. The summed E-state index contributed by atoms with van der Waals surface area (Å²) in [5.74, 6) is 0.0994. The van der Waals surface area contributed by atoms with Gasteiger partial charge in [0.15, 0.2) is 0 Å². The average Bonchev–Trinajstić information content (AvgIpc) is 2.46. The molecule has 1 amide bonds. The number of nitrogens with zero attached hydrogens (tertiary/aromatic N) is 3. The van der Waals surface area contributed by atoms with Crippen LogP contribution in [0.1, 0.15) is 22.8 Å². The summed E-state index contributed by atoms with van der Waals surface area (Å²) in [5, 5.41) is 8.90. The zero-order chi connectivity index (χ0) is 13.8. The smallest absolute Gasteiger partial charge is 0.254 e. The predicted octanol–water partition coefficient (Wildman–Crippen LogP) is 1.66. The number of carbonyl (C=O) groups excluding carboxylic acids is 1. The average molecular weight is 257 g/mol. The minimum Gasteiger partial charge on any atom is -0.336 e. The van der Waals surface area contributed by atoms with Crippen LogP contribution in [0.3, 0.4) is 0 Å². The number of hydrogen-bond donors (Lipinski definition) is 0. The van der Waals surface area contributed by atoms with Gasteiger partial charge in [0, 0.05) is 31.7 Å². The second kappa shape index (κ2) is 5.85. The summed E-state index contributed by atoms with van der Waals surface area (Å²) in [4.78, 5) is 16.4. The highest BCUT2D eigenvalue weighted by atomic mass is 16.2. The van der Waals surface area contributed by atoms with E-state index in [9.17, 15) is 4.79 Å². The molecule has 0 spiro atoms. The molecule has 1 aromatic rings. The Morgan fingerprint density at radius 3 is 2.47 bits per heavy atom. The van der Waals surface area contributed by atoms with Crippen LogP contribution in [0.5, 0.6) is 0 Å². The molecule has 1 aliphatic heterocycles. The highest BCUT2D eigenvalue weighted by Gasteiger charge is 2.25. The number of aryl methyl sites for hydroxylation is 1. The molecule has 0 N–H and O–H groups in total. The van der Waals surface area contributed by atoms with Crippen LogP contribution in [0.2, 0.25) is 0 Å². The van der Waals surface area contributed by atoms with Crippen molar-refractivity contribution in [3.05, 3.63) is 35.4 Å². The van der Waals surface area contributed by atoms with Gasteiger partial charge < -0.3 is 4.90 Å². The Bertz CT molecular complexity index is 498. The fraction of sp³-hybridized carbons (Fsp3) is 0.467. The molecule has 0 saturated carbocycles. The van der Waals surface area contributed by atoms with Crippen molar-refractivity contribution >= 4 is 5.91 Å². The summed E-state index contributed by atoms with van der Waals surface area (Å²) in [6.07, 6.45) is 0. The number of benzene rings is 1. The number of piperazine rings is 1. The Morgan fingerprint density at radius 2 is 1.89 bits per heavy atom. The minimum absolute atomic E-state index is 0.0734. The standard InChI is InChI=1S/C15H19N3O/c1-12-5-3-4-6-14(12)15(19)18-9-7-17(8-10-18)13(2)11-16/h3-6,13H,7-10H2,1-2H3. The van der Waals surface area contributed by atoms with Gasteiger partial charge >= 0.3 is 0 Å². The molecule has 1 heterocycles. The quantitative estimate of drug-likeness (QED) is 0.809. The molecule has 1 aromatic carbocycles. The lowest BCUT2D eigenvalue weighted by Gasteiger charge is -2.36. The van der Waals surface area contributed by atoms with E-state index in [1.165, 1.54) is 0 Å². The lowest BCUT2D eigenvalue weighted by atomic mass is 10.1.